The molecule has 2 unspecified atom stereocenters. The molecule has 2 N–H and O–H groups in total. The third kappa shape index (κ3) is 2.18. The van der Waals surface area contributed by atoms with Crippen LogP contribution in [0.4, 0.5) is 4.79 Å². The lowest BCUT2D eigenvalue weighted by atomic mass is 10.1. The van der Waals surface area contributed by atoms with Gasteiger partial charge in [-0.3, -0.25) is 4.98 Å². The molecule has 3 heterocycles. The maximum Gasteiger partial charge on any atom is 0.318 e. The van der Waals surface area contributed by atoms with Gasteiger partial charge in [-0.15, -0.1) is 0 Å². The summed E-state index contributed by atoms with van der Waals surface area (Å²) in [6.45, 7) is 2.72. The van der Waals surface area contributed by atoms with Gasteiger partial charge in [-0.1, -0.05) is 6.07 Å². The first kappa shape index (κ1) is 11.5. The Bertz CT molecular complexity index is 416. The van der Waals surface area contributed by atoms with Crippen LogP contribution in [0.25, 0.3) is 0 Å². The first-order valence-corrected chi connectivity index (χ1v) is 6.52. The fourth-order valence-corrected chi connectivity index (χ4v) is 2.74. The second-order valence-corrected chi connectivity index (χ2v) is 4.94. The number of hydrogen-bond donors (Lipinski definition) is 2. The van der Waals surface area contributed by atoms with Crippen LogP contribution in [0.3, 0.4) is 0 Å². The van der Waals surface area contributed by atoms with Crippen LogP contribution in [0.15, 0.2) is 24.5 Å². The lowest BCUT2D eigenvalue weighted by Crippen LogP contribution is -2.47. The summed E-state index contributed by atoms with van der Waals surface area (Å²) in [5.74, 6) is 0. The number of amides is 2. The summed E-state index contributed by atoms with van der Waals surface area (Å²) in [5, 5.41) is 6.39. The summed E-state index contributed by atoms with van der Waals surface area (Å²) < 4.78 is 0. The zero-order chi connectivity index (χ0) is 12.4. The molecule has 3 rings (SSSR count). The second kappa shape index (κ2) is 4.94. The third-order valence-electron chi connectivity index (χ3n) is 3.74. The molecule has 2 amide bonds. The highest BCUT2D eigenvalue weighted by molar-refractivity contribution is 5.77. The van der Waals surface area contributed by atoms with Crippen LogP contribution in [0, 0.1) is 0 Å². The van der Waals surface area contributed by atoms with Gasteiger partial charge in [0.2, 0.25) is 0 Å². The van der Waals surface area contributed by atoms with Crippen LogP contribution in [0.1, 0.15) is 24.4 Å². The molecule has 0 bridgehead atoms. The first-order valence-electron chi connectivity index (χ1n) is 6.52. The third-order valence-corrected chi connectivity index (χ3v) is 3.74. The van der Waals surface area contributed by atoms with Crippen molar-refractivity contribution in [3.63, 3.8) is 0 Å². The van der Waals surface area contributed by atoms with Crippen molar-refractivity contribution in [1.82, 2.24) is 20.5 Å². The normalized spacial score (nSPS) is 28.2. The lowest BCUT2D eigenvalue weighted by Gasteiger charge is -2.30. The summed E-state index contributed by atoms with van der Waals surface area (Å²) in [4.78, 5) is 18.1. The predicted octanol–water partition coefficient (Wildman–Crippen LogP) is 0.900. The van der Waals surface area contributed by atoms with Crippen LogP contribution in [-0.4, -0.2) is 41.6 Å². The molecule has 2 atom stereocenters. The number of carbonyl (C=O) groups excluding carboxylic acids is 1. The van der Waals surface area contributed by atoms with Crippen molar-refractivity contribution < 1.29 is 4.79 Å². The largest absolute Gasteiger partial charge is 0.329 e. The molecule has 2 saturated heterocycles. The molecule has 0 aliphatic carbocycles. The first-order chi connectivity index (χ1) is 8.84. The molecule has 5 nitrogen and oxygen atoms in total. The Kier molecular flexibility index (Phi) is 3.15. The van der Waals surface area contributed by atoms with Crippen molar-refractivity contribution in [1.29, 1.82) is 0 Å². The molecule has 2 aliphatic heterocycles. The number of rotatable bonds is 2. The van der Waals surface area contributed by atoms with Gasteiger partial charge < -0.3 is 15.5 Å². The molecule has 0 saturated carbocycles. The molecular formula is C13H18N4O. The van der Waals surface area contributed by atoms with Crippen molar-refractivity contribution in [2.45, 2.75) is 24.9 Å². The van der Waals surface area contributed by atoms with Gasteiger partial charge in [0.1, 0.15) is 0 Å². The van der Waals surface area contributed by atoms with Crippen LogP contribution < -0.4 is 10.6 Å². The number of nitrogens with zero attached hydrogens (tertiary/aromatic N) is 2. The monoisotopic (exact) mass is 246 g/mol. The van der Waals surface area contributed by atoms with E-state index in [2.05, 4.69) is 15.6 Å². The fraction of sp³-hybridized carbons (Fsp3) is 0.538. The van der Waals surface area contributed by atoms with Gasteiger partial charge in [0.15, 0.2) is 0 Å². The highest BCUT2D eigenvalue weighted by Gasteiger charge is 2.34. The van der Waals surface area contributed by atoms with E-state index in [0.717, 1.165) is 38.0 Å². The lowest BCUT2D eigenvalue weighted by molar-refractivity contribution is 0.184. The molecule has 2 aliphatic rings. The quantitative estimate of drug-likeness (QED) is 0.815. The maximum absolute atomic E-state index is 12.0. The van der Waals surface area contributed by atoms with Gasteiger partial charge in [-0.2, -0.15) is 0 Å². The molecule has 1 aromatic rings. The molecule has 96 valence electrons. The average Bonchev–Trinajstić information content (AvgIpc) is 2.83. The minimum atomic E-state index is 0.0533. The molecule has 0 radical (unpaired) electrons. The van der Waals surface area contributed by atoms with E-state index >= 15 is 0 Å². The molecule has 18 heavy (non-hydrogen) atoms. The second-order valence-electron chi connectivity index (χ2n) is 4.94. The van der Waals surface area contributed by atoms with E-state index in [4.69, 9.17) is 0 Å². The van der Waals surface area contributed by atoms with Gasteiger partial charge >= 0.3 is 6.03 Å². The van der Waals surface area contributed by atoms with Crippen molar-refractivity contribution in [2.75, 3.05) is 19.6 Å². The summed E-state index contributed by atoms with van der Waals surface area (Å²) in [7, 11) is 0. The minimum absolute atomic E-state index is 0.0533. The van der Waals surface area contributed by atoms with Gasteiger partial charge in [0, 0.05) is 31.5 Å². The Morgan fingerprint density at radius 2 is 2.39 bits per heavy atom. The van der Waals surface area contributed by atoms with Crippen molar-refractivity contribution in [2.24, 2.45) is 0 Å². The molecule has 2 fully saturated rings. The molecule has 0 spiro atoms. The van der Waals surface area contributed by atoms with Gasteiger partial charge in [-0.25, -0.2) is 4.79 Å². The summed E-state index contributed by atoms with van der Waals surface area (Å²) in [6, 6.07) is 4.39. The van der Waals surface area contributed by atoms with E-state index in [0.29, 0.717) is 6.04 Å². The van der Waals surface area contributed by atoms with Gasteiger partial charge in [0.25, 0.3) is 0 Å². The van der Waals surface area contributed by atoms with Crippen molar-refractivity contribution >= 4 is 6.03 Å². The van der Waals surface area contributed by atoms with Crippen LogP contribution in [-0.2, 0) is 0 Å². The van der Waals surface area contributed by atoms with Crippen molar-refractivity contribution in [3.8, 4) is 0 Å². The number of hydrogen-bond acceptors (Lipinski definition) is 3. The number of carbonyl (C=O) groups is 1. The van der Waals surface area contributed by atoms with E-state index in [1.54, 1.807) is 6.20 Å². The molecule has 0 aromatic carbocycles. The number of urea groups is 1. The number of pyridine rings is 1. The minimum Gasteiger partial charge on any atom is -0.329 e. The van der Waals surface area contributed by atoms with E-state index in [-0.39, 0.29) is 12.1 Å². The highest BCUT2D eigenvalue weighted by atomic mass is 16.2. The predicted molar refractivity (Wildman–Crippen MR) is 68.1 cm³/mol. The van der Waals surface area contributed by atoms with E-state index < -0.39 is 0 Å². The zero-order valence-corrected chi connectivity index (χ0v) is 10.3. The summed E-state index contributed by atoms with van der Waals surface area (Å²) in [5.41, 5.74) is 1.08. The van der Waals surface area contributed by atoms with E-state index in [1.807, 2.05) is 23.2 Å². The standard InChI is InChI=1S/C13H18N4O/c18-13-16-12(10-3-1-5-14-7-10)9-17(13)11-4-2-6-15-8-11/h1,3,5,7,11-12,15H,2,4,6,8-9H2,(H,16,18). The Hall–Kier alpha value is -1.62. The number of nitrogens with one attached hydrogen (secondary N) is 2. The van der Waals surface area contributed by atoms with Crippen LogP contribution >= 0.6 is 0 Å². The maximum atomic E-state index is 12.0. The van der Waals surface area contributed by atoms with Gasteiger partial charge in [0.05, 0.1) is 6.04 Å². The number of piperidine rings is 1. The Labute approximate surface area is 107 Å². The van der Waals surface area contributed by atoms with E-state index in [9.17, 15) is 4.79 Å². The molecular weight excluding hydrogens is 228 g/mol. The highest BCUT2D eigenvalue weighted by Crippen LogP contribution is 2.23. The smallest absolute Gasteiger partial charge is 0.318 e. The molecule has 5 heteroatoms. The van der Waals surface area contributed by atoms with Crippen LogP contribution in [0.2, 0.25) is 0 Å². The Morgan fingerprint density at radius 3 is 3.11 bits per heavy atom. The van der Waals surface area contributed by atoms with Crippen molar-refractivity contribution in [3.05, 3.63) is 30.1 Å². The van der Waals surface area contributed by atoms with E-state index in [1.165, 1.54) is 0 Å². The SMILES string of the molecule is O=C1NC(c2cccnc2)CN1C1CCCNC1. The zero-order valence-electron chi connectivity index (χ0n) is 10.3. The Morgan fingerprint density at radius 1 is 1.44 bits per heavy atom. The number of aromatic nitrogens is 1. The topological polar surface area (TPSA) is 57.3 Å². The summed E-state index contributed by atoms with van der Waals surface area (Å²) >= 11 is 0. The summed E-state index contributed by atoms with van der Waals surface area (Å²) in [6.07, 6.45) is 5.82. The molecule has 1 aromatic heterocycles. The Balaban J connectivity index is 1.70. The van der Waals surface area contributed by atoms with Gasteiger partial charge in [-0.05, 0) is 31.0 Å². The fourth-order valence-electron chi connectivity index (χ4n) is 2.74. The van der Waals surface area contributed by atoms with Crippen LogP contribution in [0.5, 0.6) is 0 Å². The average molecular weight is 246 g/mol.